The van der Waals surface area contributed by atoms with Crippen LogP contribution in [0.25, 0.3) is 0 Å². The molecule has 0 heterocycles. The molecular weight excluding hydrogens is 416 g/mol. The molecule has 6 nitrogen and oxygen atoms in total. The number of hydrogen-bond donors (Lipinski definition) is 2. The number of ether oxygens (including phenoxy) is 2. The van der Waals surface area contributed by atoms with E-state index in [-0.39, 0.29) is 11.7 Å². The maximum atomic E-state index is 12.8. The number of para-hydroxylation sites is 1. The number of phenolic OH excluding ortho intramolecular Hbond substituents is 1. The third kappa shape index (κ3) is 6.49. The maximum Gasteiger partial charge on any atom is 0.255 e. The van der Waals surface area contributed by atoms with E-state index in [1.165, 1.54) is 0 Å². The number of nitrogens with zero attached hydrogens (tertiary/aromatic N) is 1. The molecule has 0 aliphatic heterocycles. The number of hydrogen-bond acceptors (Lipinski definition) is 5. The zero-order valence-electron chi connectivity index (χ0n) is 19.5. The first-order valence-corrected chi connectivity index (χ1v) is 11.2. The Kier molecular flexibility index (Phi) is 8.72. The van der Waals surface area contributed by atoms with E-state index < -0.39 is 6.10 Å². The summed E-state index contributed by atoms with van der Waals surface area (Å²) in [4.78, 5) is 15.0. The van der Waals surface area contributed by atoms with Crippen LogP contribution in [0.3, 0.4) is 0 Å². The van der Waals surface area contributed by atoms with Crippen LogP contribution in [0.2, 0.25) is 0 Å². The van der Waals surface area contributed by atoms with Gasteiger partial charge in [-0.05, 0) is 55.1 Å². The first kappa shape index (κ1) is 24.1. The van der Waals surface area contributed by atoms with Crippen molar-refractivity contribution in [2.24, 2.45) is 0 Å². The van der Waals surface area contributed by atoms with Gasteiger partial charge in [0.05, 0.1) is 12.7 Å². The molecule has 1 unspecified atom stereocenters. The van der Waals surface area contributed by atoms with Crippen LogP contribution in [0.1, 0.15) is 41.4 Å². The number of likely N-dealkylation sites (N-methyl/N-ethyl adjacent to an activating group) is 1. The van der Waals surface area contributed by atoms with E-state index in [1.54, 1.807) is 25.3 Å². The summed E-state index contributed by atoms with van der Waals surface area (Å²) in [6.45, 7) is 7.48. The van der Waals surface area contributed by atoms with Gasteiger partial charge in [-0.15, -0.1) is 0 Å². The summed E-state index contributed by atoms with van der Waals surface area (Å²) in [6, 6.07) is 21.9. The summed E-state index contributed by atoms with van der Waals surface area (Å²) in [5.41, 5.74) is 2.18. The van der Waals surface area contributed by atoms with Crippen molar-refractivity contribution < 1.29 is 19.4 Å². The first-order chi connectivity index (χ1) is 16.0. The standard InChI is InChI=1S/C27H32N2O4/c1-4-29(5-2)18-17-28-27(31)24-16-13-21(19-25(24)32-3)26(20-11-14-22(30)15-12-20)33-23-9-7-6-8-10-23/h6-16,19,26,30H,4-5,17-18H2,1-3H3,(H,28,31). The highest BCUT2D eigenvalue weighted by Crippen LogP contribution is 2.32. The van der Waals surface area contributed by atoms with E-state index in [0.717, 1.165) is 30.8 Å². The van der Waals surface area contributed by atoms with Crippen LogP contribution in [0.15, 0.2) is 72.8 Å². The summed E-state index contributed by atoms with van der Waals surface area (Å²) < 4.78 is 11.9. The third-order valence-corrected chi connectivity index (χ3v) is 5.57. The van der Waals surface area contributed by atoms with Crippen LogP contribution < -0.4 is 14.8 Å². The normalized spacial score (nSPS) is 11.8. The number of carbonyl (C=O) groups excluding carboxylic acids is 1. The average Bonchev–Trinajstić information content (AvgIpc) is 2.86. The largest absolute Gasteiger partial charge is 0.508 e. The fourth-order valence-corrected chi connectivity index (χ4v) is 3.63. The van der Waals surface area contributed by atoms with Gasteiger partial charge in [-0.25, -0.2) is 0 Å². The van der Waals surface area contributed by atoms with E-state index in [9.17, 15) is 9.90 Å². The SMILES string of the molecule is CCN(CC)CCNC(=O)c1ccc(C(Oc2ccccc2)c2ccc(O)cc2)cc1OC. The number of benzene rings is 3. The molecule has 6 heteroatoms. The highest BCUT2D eigenvalue weighted by molar-refractivity contribution is 5.97. The summed E-state index contributed by atoms with van der Waals surface area (Å²) in [7, 11) is 1.55. The molecule has 1 amide bonds. The molecule has 2 N–H and O–H groups in total. The second-order valence-corrected chi connectivity index (χ2v) is 7.64. The number of aromatic hydroxyl groups is 1. The minimum atomic E-state index is -0.443. The molecule has 174 valence electrons. The average molecular weight is 449 g/mol. The van der Waals surface area contributed by atoms with E-state index in [0.29, 0.717) is 23.6 Å². The molecule has 1 atom stereocenters. The quantitative estimate of drug-likeness (QED) is 0.447. The molecule has 0 spiro atoms. The highest BCUT2D eigenvalue weighted by atomic mass is 16.5. The lowest BCUT2D eigenvalue weighted by atomic mass is 9.99. The molecule has 3 aromatic rings. The van der Waals surface area contributed by atoms with Crippen molar-refractivity contribution >= 4 is 5.91 Å². The molecule has 3 rings (SSSR count). The molecule has 0 aliphatic carbocycles. The summed E-state index contributed by atoms with van der Waals surface area (Å²) in [5.74, 6) is 1.21. The Balaban J connectivity index is 1.85. The molecule has 0 saturated carbocycles. The van der Waals surface area contributed by atoms with Crippen LogP contribution in [-0.4, -0.2) is 49.2 Å². The summed E-state index contributed by atoms with van der Waals surface area (Å²) >= 11 is 0. The predicted octanol–water partition coefficient (Wildman–Crippen LogP) is 4.64. The smallest absolute Gasteiger partial charge is 0.255 e. The van der Waals surface area contributed by atoms with Crippen LogP contribution in [-0.2, 0) is 0 Å². The zero-order valence-corrected chi connectivity index (χ0v) is 19.5. The molecule has 0 aromatic heterocycles. The van der Waals surface area contributed by atoms with Gasteiger partial charge in [0.15, 0.2) is 0 Å². The van der Waals surface area contributed by atoms with Gasteiger partial charge in [-0.1, -0.05) is 50.2 Å². The predicted molar refractivity (Wildman–Crippen MR) is 130 cm³/mol. The first-order valence-electron chi connectivity index (χ1n) is 11.2. The van der Waals surface area contributed by atoms with Gasteiger partial charge in [0, 0.05) is 18.7 Å². The van der Waals surface area contributed by atoms with Crippen molar-refractivity contribution in [2.75, 3.05) is 33.3 Å². The van der Waals surface area contributed by atoms with Crippen LogP contribution >= 0.6 is 0 Å². The Morgan fingerprint density at radius 2 is 1.64 bits per heavy atom. The van der Waals surface area contributed by atoms with Gasteiger partial charge < -0.3 is 24.8 Å². The van der Waals surface area contributed by atoms with E-state index in [2.05, 4.69) is 24.1 Å². The summed E-state index contributed by atoms with van der Waals surface area (Å²) in [5, 5.41) is 12.7. The van der Waals surface area contributed by atoms with Gasteiger partial charge in [-0.3, -0.25) is 4.79 Å². The number of nitrogens with one attached hydrogen (secondary N) is 1. The molecule has 0 bridgehead atoms. The summed E-state index contributed by atoms with van der Waals surface area (Å²) in [6.07, 6.45) is -0.443. The van der Waals surface area contributed by atoms with Crippen LogP contribution in [0.4, 0.5) is 0 Å². The fourth-order valence-electron chi connectivity index (χ4n) is 3.63. The van der Waals surface area contributed by atoms with Gasteiger partial charge in [-0.2, -0.15) is 0 Å². The molecule has 0 radical (unpaired) electrons. The Morgan fingerprint density at radius 1 is 0.970 bits per heavy atom. The lowest BCUT2D eigenvalue weighted by Gasteiger charge is -2.22. The topological polar surface area (TPSA) is 71.0 Å². The van der Waals surface area contributed by atoms with Gasteiger partial charge in [0.25, 0.3) is 5.91 Å². The van der Waals surface area contributed by atoms with Crippen molar-refractivity contribution in [3.8, 4) is 17.2 Å². The van der Waals surface area contributed by atoms with Crippen molar-refractivity contribution in [3.05, 3.63) is 89.5 Å². The monoisotopic (exact) mass is 448 g/mol. The second-order valence-electron chi connectivity index (χ2n) is 7.64. The molecule has 0 saturated heterocycles. The Labute approximate surface area is 195 Å². The molecule has 0 fully saturated rings. The maximum absolute atomic E-state index is 12.8. The number of rotatable bonds is 11. The fraction of sp³-hybridized carbons (Fsp3) is 0.296. The van der Waals surface area contributed by atoms with E-state index in [1.807, 2.05) is 54.6 Å². The van der Waals surface area contributed by atoms with Crippen LogP contribution in [0.5, 0.6) is 17.2 Å². The number of methoxy groups -OCH3 is 1. The lowest BCUT2D eigenvalue weighted by molar-refractivity contribution is 0.0945. The Morgan fingerprint density at radius 3 is 2.27 bits per heavy atom. The van der Waals surface area contributed by atoms with Gasteiger partial charge in [0.2, 0.25) is 0 Å². The van der Waals surface area contributed by atoms with E-state index >= 15 is 0 Å². The minimum Gasteiger partial charge on any atom is -0.508 e. The molecular formula is C27H32N2O4. The number of carbonyl (C=O) groups is 1. The number of phenols is 1. The zero-order chi connectivity index (χ0) is 23.6. The van der Waals surface area contributed by atoms with Crippen molar-refractivity contribution in [1.29, 1.82) is 0 Å². The molecule has 3 aromatic carbocycles. The molecule has 0 aliphatic rings. The van der Waals surface area contributed by atoms with E-state index in [4.69, 9.17) is 9.47 Å². The Hall–Kier alpha value is -3.51. The lowest BCUT2D eigenvalue weighted by Crippen LogP contribution is -2.34. The highest BCUT2D eigenvalue weighted by Gasteiger charge is 2.20. The third-order valence-electron chi connectivity index (χ3n) is 5.57. The van der Waals surface area contributed by atoms with Crippen molar-refractivity contribution in [1.82, 2.24) is 10.2 Å². The van der Waals surface area contributed by atoms with Gasteiger partial charge in [0.1, 0.15) is 23.4 Å². The Bertz CT molecular complexity index is 1020. The molecule has 33 heavy (non-hydrogen) atoms. The second kappa shape index (κ2) is 11.9. The van der Waals surface area contributed by atoms with Crippen molar-refractivity contribution in [2.45, 2.75) is 20.0 Å². The van der Waals surface area contributed by atoms with Gasteiger partial charge >= 0.3 is 0 Å². The van der Waals surface area contributed by atoms with Crippen LogP contribution in [0, 0.1) is 0 Å². The van der Waals surface area contributed by atoms with Crippen molar-refractivity contribution in [3.63, 3.8) is 0 Å². The number of amides is 1. The minimum absolute atomic E-state index is 0.171.